The molecule has 0 bridgehead atoms. The molecule has 0 saturated carbocycles. The van der Waals surface area contributed by atoms with E-state index in [1.165, 1.54) is 30.3 Å². The highest BCUT2D eigenvalue weighted by atomic mass is 32.2. The first-order valence-electron chi connectivity index (χ1n) is 7.93. The van der Waals surface area contributed by atoms with Crippen LogP contribution in [0.15, 0.2) is 52.3 Å². The molecule has 27 heavy (non-hydrogen) atoms. The topological polar surface area (TPSA) is 84.5 Å². The van der Waals surface area contributed by atoms with Crippen LogP contribution >= 0.6 is 11.8 Å². The number of nitrogens with one attached hydrogen (secondary N) is 2. The van der Waals surface area contributed by atoms with Gasteiger partial charge in [0.1, 0.15) is 5.75 Å². The van der Waals surface area contributed by atoms with E-state index < -0.39 is 27.6 Å². The minimum absolute atomic E-state index is 0.0184. The van der Waals surface area contributed by atoms with Crippen molar-refractivity contribution in [2.24, 2.45) is 0 Å². The maximum Gasteiger partial charge on any atom is 0.257 e. The molecule has 6 nitrogen and oxygen atoms in total. The Morgan fingerprint density at radius 1 is 1.11 bits per heavy atom. The number of thioether (sulfide) groups is 1. The molecule has 2 N–H and O–H groups in total. The van der Waals surface area contributed by atoms with Gasteiger partial charge in [0.15, 0.2) is 11.6 Å². The van der Waals surface area contributed by atoms with Crippen LogP contribution < -0.4 is 15.0 Å². The van der Waals surface area contributed by atoms with Gasteiger partial charge < -0.3 is 4.74 Å². The second kappa shape index (κ2) is 9.67. The van der Waals surface area contributed by atoms with Crippen molar-refractivity contribution >= 4 is 27.7 Å². The first kappa shape index (κ1) is 21.1. The lowest BCUT2D eigenvalue weighted by atomic mass is 10.3. The molecule has 2 aromatic carbocycles. The summed E-state index contributed by atoms with van der Waals surface area (Å²) in [5.41, 5.74) is 2.11. The van der Waals surface area contributed by atoms with E-state index in [1.54, 1.807) is 0 Å². The average molecular weight is 416 g/mol. The highest BCUT2D eigenvalue weighted by Gasteiger charge is 2.15. The lowest BCUT2D eigenvalue weighted by molar-refractivity contribution is -0.121. The maximum absolute atomic E-state index is 13.1. The summed E-state index contributed by atoms with van der Waals surface area (Å²) in [4.78, 5) is 14.2. The molecule has 2 rings (SSSR count). The fourth-order valence-electron chi connectivity index (χ4n) is 1.96. The van der Waals surface area contributed by atoms with E-state index in [0.717, 1.165) is 23.9 Å². The molecule has 0 spiro atoms. The van der Waals surface area contributed by atoms with Gasteiger partial charge in [0.05, 0.1) is 11.5 Å². The van der Waals surface area contributed by atoms with Crippen LogP contribution in [-0.2, 0) is 14.8 Å². The van der Waals surface area contributed by atoms with Gasteiger partial charge in [0, 0.05) is 17.1 Å². The molecule has 2 aromatic rings. The van der Waals surface area contributed by atoms with E-state index in [9.17, 15) is 22.0 Å². The minimum Gasteiger partial charge on any atom is -0.494 e. The lowest BCUT2D eigenvalue weighted by Gasteiger charge is -2.09. The molecule has 0 aliphatic rings. The van der Waals surface area contributed by atoms with Gasteiger partial charge in [-0.1, -0.05) is 0 Å². The molecular formula is C17H18F2N2O4S2. The van der Waals surface area contributed by atoms with Gasteiger partial charge in [-0.15, -0.1) is 16.6 Å². The van der Waals surface area contributed by atoms with Crippen LogP contribution in [0.2, 0.25) is 0 Å². The Bertz CT molecular complexity index is 890. The second-order valence-electron chi connectivity index (χ2n) is 5.23. The molecule has 0 radical (unpaired) electrons. The molecular weight excluding hydrogens is 398 g/mol. The third kappa shape index (κ3) is 6.49. The summed E-state index contributed by atoms with van der Waals surface area (Å²) in [7, 11) is -3.91. The van der Waals surface area contributed by atoms with Crippen LogP contribution in [0.5, 0.6) is 5.75 Å². The summed E-state index contributed by atoms with van der Waals surface area (Å²) in [5.74, 6) is -1.66. The van der Waals surface area contributed by atoms with Crippen molar-refractivity contribution in [1.82, 2.24) is 10.3 Å². The predicted octanol–water partition coefficient (Wildman–Crippen LogP) is 2.86. The standard InChI is InChI=1S/C17H18F2N2O4S2/c1-2-25-12-3-6-14(7-4-12)27(23,24)21-20-17(22)9-10-26-13-5-8-15(18)16(19)11-13/h3-8,11,21H,2,9-10H2,1H3,(H,20,22). The molecule has 0 aromatic heterocycles. The summed E-state index contributed by atoms with van der Waals surface area (Å²) in [5, 5.41) is 0. The Balaban J connectivity index is 1.80. The number of carbonyl (C=O) groups is 1. The van der Waals surface area contributed by atoms with Crippen molar-refractivity contribution in [1.29, 1.82) is 0 Å². The van der Waals surface area contributed by atoms with Gasteiger partial charge in [0.2, 0.25) is 5.91 Å². The lowest BCUT2D eigenvalue weighted by Crippen LogP contribution is -2.41. The zero-order chi connectivity index (χ0) is 19.9. The Morgan fingerprint density at radius 3 is 2.44 bits per heavy atom. The molecule has 1 amide bonds. The number of amides is 1. The van der Waals surface area contributed by atoms with Gasteiger partial charge in [-0.3, -0.25) is 10.2 Å². The number of halogens is 2. The van der Waals surface area contributed by atoms with Crippen molar-refractivity contribution in [3.05, 3.63) is 54.1 Å². The van der Waals surface area contributed by atoms with E-state index in [4.69, 9.17) is 4.74 Å². The van der Waals surface area contributed by atoms with Crippen LogP contribution in [0.1, 0.15) is 13.3 Å². The Morgan fingerprint density at radius 2 is 1.81 bits per heavy atom. The number of benzene rings is 2. The number of carbonyl (C=O) groups excluding carboxylic acids is 1. The normalized spacial score (nSPS) is 11.2. The van der Waals surface area contributed by atoms with Gasteiger partial charge >= 0.3 is 0 Å². The van der Waals surface area contributed by atoms with Crippen LogP contribution in [0.3, 0.4) is 0 Å². The van der Waals surface area contributed by atoms with Crippen LogP contribution in [0.4, 0.5) is 8.78 Å². The van der Waals surface area contributed by atoms with Crippen molar-refractivity contribution in [3.8, 4) is 5.75 Å². The smallest absolute Gasteiger partial charge is 0.257 e. The highest BCUT2D eigenvalue weighted by molar-refractivity contribution is 7.99. The molecule has 0 aliphatic carbocycles. The largest absolute Gasteiger partial charge is 0.494 e. The van der Waals surface area contributed by atoms with Crippen molar-refractivity contribution in [3.63, 3.8) is 0 Å². The third-order valence-electron chi connectivity index (χ3n) is 3.26. The van der Waals surface area contributed by atoms with Crippen molar-refractivity contribution < 1.29 is 26.7 Å². The number of hydrogen-bond acceptors (Lipinski definition) is 5. The summed E-state index contributed by atoms with van der Waals surface area (Å²) < 4.78 is 55.4. The molecule has 0 unspecified atom stereocenters. The van der Waals surface area contributed by atoms with E-state index in [0.29, 0.717) is 17.3 Å². The summed E-state index contributed by atoms with van der Waals surface area (Å²) >= 11 is 1.15. The predicted molar refractivity (Wildman–Crippen MR) is 97.8 cm³/mol. The quantitative estimate of drug-likeness (QED) is 0.485. The fraction of sp³-hybridized carbons (Fsp3) is 0.235. The first-order chi connectivity index (χ1) is 12.8. The Labute approximate surface area is 160 Å². The monoisotopic (exact) mass is 416 g/mol. The molecule has 146 valence electrons. The summed E-state index contributed by atoms with van der Waals surface area (Å²) in [6.07, 6.45) is -0.0184. The fourth-order valence-corrected chi connectivity index (χ4v) is 3.69. The van der Waals surface area contributed by atoms with E-state index in [2.05, 4.69) is 5.43 Å². The molecule has 0 atom stereocenters. The molecule has 0 fully saturated rings. The minimum atomic E-state index is -3.91. The maximum atomic E-state index is 13.1. The van der Waals surface area contributed by atoms with E-state index in [1.807, 2.05) is 11.8 Å². The van der Waals surface area contributed by atoms with Crippen LogP contribution in [-0.4, -0.2) is 26.7 Å². The van der Waals surface area contributed by atoms with Gasteiger partial charge in [-0.25, -0.2) is 17.2 Å². The molecule has 0 aliphatic heterocycles. The van der Waals surface area contributed by atoms with Gasteiger partial charge in [-0.2, -0.15) is 0 Å². The van der Waals surface area contributed by atoms with Crippen LogP contribution in [0.25, 0.3) is 0 Å². The van der Waals surface area contributed by atoms with E-state index >= 15 is 0 Å². The molecule has 0 heterocycles. The summed E-state index contributed by atoms with van der Waals surface area (Å²) in [6, 6.07) is 9.18. The Hall–Kier alpha value is -2.17. The third-order valence-corrected chi connectivity index (χ3v) is 5.52. The number of sulfonamides is 1. The second-order valence-corrected chi connectivity index (χ2v) is 8.08. The highest BCUT2D eigenvalue weighted by Crippen LogP contribution is 2.21. The Kier molecular flexibility index (Phi) is 7.57. The molecule has 10 heteroatoms. The SMILES string of the molecule is CCOc1ccc(S(=O)(=O)NNC(=O)CCSc2ccc(F)c(F)c2)cc1. The number of hydrazine groups is 1. The first-order valence-corrected chi connectivity index (χ1v) is 10.4. The average Bonchev–Trinajstić information content (AvgIpc) is 2.64. The number of ether oxygens (including phenoxy) is 1. The zero-order valence-electron chi connectivity index (χ0n) is 14.4. The number of hydrogen-bond donors (Lipinski definition) is 2. The molecule has 0 saturated heterocycles. The zero-order valence-corrected chi connectivity index (χ0v) is 16.0. The summed E-state index contributed by atoms with van der Waals surface area (Å²) in [6.45, 7) is 2.27. The van der Waals surface area contributed by atoms with E-state index in [-0.39, 0.29) is 17.1 Å². The van der Waals surface area contributed by atoms with Crippen LogP contribution in [0, 0.1) is 11.6 Å². The van der Waals surface area contributed by atoms with Crippen molar-refractivity contribution in [2.45, 2.75) is 23.1 Å². The number of rotatable bonds is 9. The van der Waals surface area contributed by atoms with Gasteiger partial charge in [0.25, 0.3) is 10.0 Å². The van der Waals surface area contributed by atoms with Crippen molar-refractivity contribution in [2.75, 3.05) is 12.4 Å². The van der Waals surface area contributed by atoms with Gasteiger partial charge in [-0.05, 0) is 49.4 Å².